The monoisotopic (exact) mass is 547 g/mol. The van der Waals surface area contributed by atoms with Crippen molar-refractivity contribution in [1.82, 2.24) is 13.7 Å². The molecule has 8 nitrogen and oxygen atoms in total. The van der Waals surface area contributed by atoms with Crippen LogP contribution in [0.1, 0.15) is 24.4 Å². The molecule has 0 bridgehead atoms. The second-order valence-corrected chi connectivity index (χ2v) is 9.46. The Morgan fingerprint density at radius 1 is 1.00 bits per heavy atom. The van der Waals surface area contributed by atoms with E-state index in [0.29, 0.717) is 36.3 Å². The van der Waals surface area contributed by atoms with Gasteiger partial charge in [-0.1, -0.05) is 18.0 Å². The number of hydrogen-bond donors (Lipinski definition) is 2. The number of nitrogens with zero attached hydrogens (tertiary/aromatic N) is 3. The number of benzene rings is 2. The Morgan fingerprint density at radius 3 is 2.37 bits per heavy atom. The number of hydrogen-bond acceptors (Lipinski definition) is 6. The van der Waals surface area contributed by atoms with Gasteiger partial charge in [-0.25, -0.2) is 13.8 Å². The van der Waals surface area contributed by atoms with Crippen LogP contribution in [0.5, 0.6) is 0 Å². The first kappa shape index (κ1) is 25.6. The zero-order chi connectivity index (χ0) is 27.4. The average molecular weight is 548 g/mol. The van der Waals surface area contributed by atoms with E-state index < -0.39 is 34.4 Å². The lowest BCUT2D eigenvalue weighted by Crippen LogP contribution is -2.41. The largest absolute Gasteiger partial charge is 0.416 e. The van der Waals surface area contributed by atoms with Gasteiger partial charge in [0.15, 0.2) is 0 Å². The summed E-state index contributed by atoms with van der Waals surface area (Å²) in [4.78, 5) is 40.3. The molecule has 0 atom stereocenters. The maximum atomic E-state index is 14.7. The molecule has 198 valence electrons. The van der Waals surface area contributed by atoms with E-state index in [9.17, 15) is 31.9 Å². The molecule has 2 aromatic heterocycles. The second kappa shape index (κ2) is 9.39. The number of pyridine rings is 1. The number of alkyl halides is 3. The predicted octanol–water partition coefficient (Wildman–Crippen LogP) is 4.78. The molecule has 5 rings (SSSR count). The summed E-state index contributed by atoms with van der Waals surface area (Å²) < 4.78 is 60.3. The van der Waals surface area contributed by atoms with Gasteiger partial charge in [0.05, 0.1) is 22.6 Å². The van der Waals surface area contributed by atoms with E-state index in [1.54, 1.807) is 24.3 Å². The first-order valence-electron chi connectivity index (χ1n) is 11.5. The van der Waals surface area contributed by atoms with E-state index in [-0.39, 0.29) is 28.5 Å². The van der Waals surface area contributed by atoms with Crippen LogP contribution in [0.3, 0.4) is 0 Å². The van der Waals surface area contributed by atoms with Crippen LogP contribution < -0.4 is 26.8 Å². The fourth-order valence-corrected chi connectivity index (χ4v) is 4.68. The van der Waals surface area contributed by atoms with Gasteiger partial charge in [0, 0.05) is 31.1 Å². The van der Waals surface area contributed by atoms with Crippen LogP contribution >= 0.6 is 11.9 Å². The van der Waals surface area contributed by atoms with E-state index in [0.717, 1.165) is 21.3 Å². The van der Waals surface area contributed by atoms with Gasteiger partial charge in [-0.2, -0.15) is 13.2 Å². The fraction of sp³-hybridized carbons (Fsp3) is 0.240. The van der Waals surface area contributed by atoms with Crippen LogP contribution in [-0.4, -0.2) is 20.0 Å². The smallest absolute Gasteiger partial charge is 0.352 e. The van der Waals surface area contributed by atoms with Crippen LogP contribution in [0.15, 0.2) is 62.9 Å². The maximum Gasteiger partial charge on any atom is 0.416 e. The molecule has 2 heterocycles. The van der Waals surface area contributed by atoms with E-state index in [1.807, 2.05) is 6.26 Å². The summed E-state index contributed by atoms with van der Waals surface area (Å²) in [7, 11) is 1.40. The number of nitrogens with one attached hydrogen (secondary N) is 2. The molecule has 1 aliphatic carbocycles. The van der Waals surface area contributed by atoms with E-state index in [4.69, 9.17) is 0 Å². The predicted molar refractivity (Wildman–Crippen MR) is 139 cm³/mol. The summed E-state index contributed by atoms with van der Waals surface area (Å²) in [6.45, 7) is 0. The van der Waals surface area contributed by atoms with Gasteiger partial charge in [-0.15, -0.1) is 0 Å². The lowest BCUT2D eigenvalue weighted by atomic mass is 10.1. The topological polar surface area (TPSA) is 90.1 Å². The molecule has 0 spiro atoms. The summed E-state index contributed by atoms with van der Waals surface area (Å²) in [5.41, 5.74) is -2.62. The number of rotatable bonds is 6. The van der Waals surface area contributed by atoms with Crippen molar-refractivity contribution in [3.63, 3.8) is 0 Å². The lowest BCUT2D eigenvalue weighted by Gasteiger charge is -2.19. The van der Waals surface area contributed by atoms with Crippen LogP contribution in [0.4, 0.5) is 34.6 Å². The third-order valence-electron chi connectivity index (χ3n) is 6.25. The van der Waals surface area contributed by atoms with Crippen molar-refractivity contribution in [2.45, 2.75) is 25.1 Å². The summed E-state index contributed by atoms with van der Waals surface area (Å²) >= 11 is 1.34. The number of halogens is 4. The molecule has 0 aliphatic heterocycles. The summed E-state index contributed by atoms with van der Waals surface area (Å²) in [5.74, 6) is -1.22. The minimum absolute atomic E-state index is 0.0412. The SMILES string of the molecule is CSNc1cccc(-n2c(=O)n(C3CC3)c(=O)c3c(Nc4ccc(C(F)(F)F)cc4F)cc(=O)n(C)c32)c1. The molecular formula is C25H21F4N5O3S. The Bertz CT molecular complexity index is 1760. The maximum absolute atomic E-state index is 14.7. The Balaban J connectivity index is 1.81. The average Bonchev–Trinajstić information content (AvgIpc) is 3.68. The molecule has 2 aromatic carbocycles. The minimum Gasteiger partial charge on any atom is -0.352 e. The first-order valence-corrected chi connectivity index (χ1v) is 12.7. The van der Waals surface area contributed by atoms with E-state index in [2.05, 4.69) is 10.0 Å². The standard InChI is InChI=1S/C25H21F4N5O3S/c1-32-20(35)12-19(30-18-9-6-13(10-17(18)26)25(27,28)29)21-22(32)33(16-5-3-4-14(11-16)31-38-2)24(37)34(23(21)36)15-7-8-15/h3-6,9-12,15,30-31H,7-8H2,1-2H3. The second-order valence-electron chi connectivity index (χ2n) is 8.85. The van der Waals surface area contributed by atoms with Gasteiger partial charge in [-0.3, -0.25) is 18.7 Å². The Hall–Kier alpha value is -4.00. The highest BCUT2D eigenvalue weighted by molar-refractivity contribution is 7.99. The molecule has 0 saturated heterocycles. The number of aromatic nitrogens is 3. The van der Waals surface area contributed by atoms with Crippen LogP contribution in [0.25, 0.3) is 16.7 Å². The molecular weight excluding hydrogens is 526 g/mol. The molecule has 13 heteroatoms. The summed E-state index contributed by atoms with van der Waals surface area (Å²) in [6.07, 6.45) is -1.71. The molecule has 2 N–H and O–H groups in total. The van der Waals surface area contributed by atoms with Crippen LogP contribution in [0.2, 0.25) is 0 Å². The van der Waals surface area contributed by atoms with E-state index in [1.165, 1.54) is 23.6 Å². The van der Waals surface area contributed by atoms with Crippen molar-refractivity contribution >= 4 is 40.0 Å². The third kappa shape index (κ3) is 4.46. The molecule has 1 fully saturated rings. The lowest BCUT2D eigenvalue weighted by molar-refractivity contribution is -0.137. The van der Waals surface area contributed by atoms with Gasteiger partial charge in [0.1, 0.15) is 16.9 Å². The summed E-state index contributed by atoms with van der Waals surface area (Å²) in [6, 6.07) is 9.43. The van der Waals surface area contributed by atoms with Crippen molar-refractivity contribution in [3.8, 4) is 5.69 Å². The first-order chi connectivity index (χ1) is 18.0. The van der Waals surface area contributed by atoms with E-state index >= 15 is 0 Å². The molecule has 0 unspecified atom stereocenters. The van der Waals surface area contributed by atoms with Crippen molar-refractivity contribution in [3.05, 3.63) is 91.1 Å². The highest BCUT2D eigenvalue weighted by Gasteiger charge is 2.32. The zero-order valence-electron chi connectivity index (χ0n) is 20.1. The molecule has 1 saturated carbocycles. The van der Waals surface area contributed by atoms with Crippen molar-refractivity contribution < 1.29 is 17.6 Å². The Kier molecular flexibility index (Phi) is 6.33. The Morgan fingerprint density at radius 2 is 1.74 bits per heavy atom. The third-order valence-corrected chi connectivity index (χ3v) is 6.69. The highest BCUT2D eigenvalue weighted by atomic mass is 32.2. The van der Waals surface area contributed by atoms with Gasteiger partial charge < -0.3 is 10.0 Å². The fourth-order valence-electron chi connectivity index (χ4n) is 4.31. The molecule has 0 radical (unpaired) electrons. The highest BCUT2D eigenvalue weighted by Crippen LogP contribution is 2.35. The molecule has 38 heavy (non-hydrogen) atoms. The molecule has 4 aromatic rings. The molecule has 0 amide bonds. The quantitative estimate of drug-likeness (QED) is 0.267. The van der Waals surface area contributed by atoms with Gasteiger partial charge in [-0.05, 0) is 49.2 Å². The van der Waals surface area contributed by atoms with Crippen molar-refractivity contribution in [1.29, 1.82) is 0 Å². The normalized spacial score (nSPS) is 13.6. The number of fused-ring (bicyclic) bond motifs is 1. The van der Waals surface area contributed by atoms with Crippen molar-refractivity contribution in [2.75, 3.05) is 16.3 Å². The number of aryl methyl sites for hydroxylation is 1. The van der Waals surface area contributed by atoms with Crippen molar-refractivity contribution in [2.24, 2.45) is 7.05 Å². The van der Waals surface area contributed by atoms with Crippen LogP contribution in [-0.2, 0) is 13.2 Å². The van der Waals surface area contributed by atoms with Gasteiger partial charge in [0.2, 0.25) is 0 Å². The zero-order valence-corrected chi connectivity index (χ0v) is 20.9. The summed E-state index contributed by atoms with van der Waals surface area (Å²) in [5, 5.41) is 2.54. The van der Waals surface area contributed by atoms with Crippen LogP contribution in [0, 0.1) is 5.82 Å². The number of anilines is 3. The molecule has 1 aliphatic rings. The Labute approximate surface area is 216 Å². The minimum atomic E-state index is -4.75. The van der Waals surface area contributed by atoms with Gasteiger partial charge >= 0.3 is 11.9 Å². The van der Waals surface area contributed by atoms with Gasteiger partial charge in [0.25, 0.3) is 11.1 Å².